The Balaban J connectivity index is 1.73. The van der Waals surface area contributed by atoms with Gasteiger partial charge in [-0.05, 0) is 63.4 Å². The summed E-state index contributed by atoms with van der Waals surface area (Å²) in [6.07, 6.45) is 0.704. The van der Waals surface area contributed by atoms with Gasteiger partial charge in [0, 0.05) is 25.1 Å². The Labute approximate surface area is 226 Å². The molecule has 12 nitrogen and oxygen atoms in total. The summed E-state index contributed by atoms with van der Waals surface area (Å²) in [6.45, 7) is 5.27. The summed E-state index contributed by atoms with van der Waals surface area (Å²) < 4.78 is 37.7. The number of nitro groups is 1. The fourth-order valence-corrected chi connectivity index (χ4v) is 5.61. The van der Waals surface area contributed by atoms with Crippen LogP contribution in [0.3, 0.4) is 0 Å². The number of rotatable bonds is 9. The molecule has 2 aromatic rings. The van der Waals surface area contributed by atoms with E-state index in [0.29, 0.717) is 17.7 Å². The minimum Gasteiger partial charge on any atom is -0.467 e. The van der Waals surface area contributed by atoms with Crippen molar-refractivity contribution in [1.82, 2.24) is 9.62 Å². The van der Waals surface area contributed by atoms with E-state index in [2.05, 4.69) is 5.32 Å². The van der Waals surface area contributed by atoms with Gasteiger partial charge in [0.2, 0.25) is 15.9 Å². The van der Waals surface area contributed by atoms with E-state index >= 15 is 0 Å². The van der Waals surface area contributed by atoms with Crippen molar-refractivity contribution in [2.75, 3.05) is 13.7 Å². The number of nitrogens with zero attached hydrogens (tertiary/aromatic N) is 2. The molecular formula is C26H31N3O9S. The summed E-state index contributed by atoms with van der Waals surface area (Å²) in [6, 6.07) is 8.69. The van der Waals surface area contributed by atoms with E-state index in [1.54, 1.807) is 45.0 Å². The molecule has 2 unspecified atom stereocenters. The van der Waals surface area contributed by atoms with Gasteiger partial charge in [-0.1, -0.05) is 12.1 Å². The molecule has 0 spiro atoms. The standard InChI is InChI=1S/C26H31N3O9S/c1-26(2,3)25(32)38-19-11-7-17(8-12-19)16-21(24(31)37-4)27-23(30)22-6-5-15-28(22)39(35,36)20-13-9-18(10-14-20)29(33)34/h7-14,21-22H,5-6,15-16H2,1-4H3,(H,27,30). The average Bonchev–Trinajstić information content (AvgIpc) is 3.39. The number of amides is 1. The molecule has 1 saturated heterocycles. The van der Waals surface area contributed by atoms with Crippen molar-refractivity contribution in [2.45, 2.75) is 57.0 Å². The third-order valence-electron chi connectivity index (χ3n) is 6.15. The van der Waals surface area contributed by atoms with Crippen molar-refractivity contribution >= 4 is 33.6 Å². The van der Waals surface area contributed by atoms with Crippen LogP contribution < -0.4 is 10.1 Å². The number of carbonyl (C=O) groups is 3. The molecule has 0 aromatic heterocycles. The smallest absolute Gasteiger partial charge is 0.328 e. The van der Waals surface area contributed by atoms with Crippen LogP contribution in [-0.4, -0.2) is 61.2 Å². The highest BCUT2D eigenvalue weighted by molar-refractivity contribution is 7.89. The Bertz CT molecular complexity index is 1330. The van der Waals surface area contributed by atoms with Crippen molar-refractivity contribution in [1.29, 1.82) is 0 Å². The topological polar surface area (TPSA) is 162 Å². The largest absolute Gasteiger partial charge is 0.467 e. The van der Waals surface area contributed by atoms with Crippen LogP contribution in [0.2, 0.25) is 0 Å². The summed E-state index contributed by atoms with van der Waals surface area (Å²) in [4.78, 5) is 47.9. The minimum absolute atomic E-state index is 0.0493. The molecule has 13 heteroatoms. The fourth-order valence-electron chi connectivity index (χ4n) is 3.96. The van der Waals surface area contributed by atoms with Crippen LogP contribution in [0, 0.1) is 15.5 Å². The molecule has 0 bridgehead atoms. The number of methoxy groups -OCH3 is 1. The first-order valence-electron chi connectivity index (χ1n) is 12.2. The van der Waals surface area contributed by atoms with Crippen LogP contribution in [0.4, 0.5) is 5.69 Å². The Morgan fingerprint density at radius 3 is 2.26 bits per heavy atom. The quantitative estimate of drug-likeness (QED) is 0.210. The molecule has 1 aliphatic rings. The van der Waals surface area contributed by atoms with Gasteiger partial charge in [-0.2, -0.15) is 4.31 Å². The summed E-state index contributed by atoms with van der Waals surface area (Å²) in [5.41, 5.74) is -0.298. The Morgan fingerprint density at radius 1 is 1.10 bits per heavy atom. The maximum atomic E-state index is 13.2. The molecule has 3 rings (SSSR count). The number of benzene rings is 2. The molecule has 0 radical (unpaired) electrons. The van der Waals surface area contributed by atoms with E-state index in [1.807, 2.05) is 0 Å². The molecule has 0 aliphatic carbocycles. The van der Waals surface area contributed by atoms with Gasteiger partial charge in [-0.25, -0.2) is 13.2 Å². The number of carbonyl (C=O) groups excluding carboxylic acids is 3. The second-order valence-corrected chi connectivity index (χ2v) is 12.0. The third kappa shape index (κ3) is 7.18. The van der Waals surface area contributed by atoms with E-state index < -0.39 is 50.3 Å². The minimum atomic E-state index is -4.13. The monoisotopic (exact) mass is 561 g/mol. The number of ether oxygens (including phenoxy) is 2. The van der Waals surface area contributed by atoms with Gasteiger partial charge in [-0.15, -0.1) is 0 Å². The molecule has 2 atom stereocenters. The van der Waals surface area contributed by atoms with Gasteiger partial charge in [-0.3, -0.25) is 19.7 Å². The van der Waals surface area contributed by atoms with Gasteiger partial charge >= 0.3 is 11.9 Å². The third-order valence-corrected chi connectivity index (χ3v) is 8.07. The summed E-state index contributed by atoms with van der Waals surface area (Å²) in [5.74, 6) is -1.45. The second-order valence-electron chi connectivity index (χ2n) is 10.1. The second kappa shape index (κ2) is 11.9. The molecule has 1 heterocycles. The van der Waals surface area contributed by atoms with E-state index in [1.165, 1.54) is 7.11 Å². The highest BCUT2D eigenvalue weighted by Crippen LogP contribution is 2.28. The predicted octanol–water partition coefficient (Wildman–Crippen LogP) is 2.60. The van der Waals surface area contributed by atoms with Crippen LogP contribution in [0.15, 0.2) is 53.4 Å². The van der Waals surface area contributed by atoms with Gasteiger partial charge in [0.15, 0.2) is 0 Å². The first-order valence-corrected chi connectivity index (χ1v) is 13.6. The number of nitro benzene ring substituents is 1. The van der Waals surface area contributed by atoms with Crippen LogP contribution >= 0.6 is 0 Å². The molecule has 0 saturated carbocycles. The van der Waals surface area contributed by atoms with Crippen molar-refractivity contribution in [3.63, 3.8) is 0 Å². The molecular weight excluding hydrogens is 530 g/mol. The molecule has 1 fully saturated rings. The zero-order valence-electron chi connectivity index (χ0n) is 22.1. The Hall–Kier alpha value is -3.84. The van der Waals surface area contributed by atoms with E-state index in [4.69, 9.17) is 9.47 Å². The first-order chi connectivity index (χ1) is 18.2. The van der Waals surface area contributed by atoms with Crippen molar-refractivity contribution in [2.24, 2.45) is 5.41 Å². The van der Waals surface area contributed by atoms with E-state index in [0.717, 1.165) is 28.6 Å². The number of esters is 2. The zero-order chi connectivity index (χ0) is 29.0. The molecule has 1 N–H and O–H groups in total. The maximum Gasteiger partial charge on any atom is 0.328 e. The fraction of sp³-hybridized carbons (Fsp3) is 0.423. The van der Waals surface area contributed by atoms with Crippen molar-refractivity contribution in [3.05, 3.63) is 64.2 Å². The molecule has 1 aliphatic heterocycles. The van der Waals surface area contributed by atoms with Gasteiger partial charge in [0.1, 0.15) is 17.8 Å². The summed E-state index contributed by atoms with van der Waals surface area (Å²) in [7, 11) is -2.95. The maximum absolute atomic E-state index is 13.2. The summed E-state index contributed by atoms with van der Waals surface area (Å²) in [5, 5.41) is 13.5. The van der Waals surface area contributed by atoms with Gasteiger partial charge in [0.05, 0.1) is 22.3 Å². The van der Waals surface area contributed by atoms with E-state index in [9.17, 15) is 32.9 Å². The number of nitrogens with one attached hydrogen (secondary N) is 1. The number of hydrogen-bond donors (Lipinski definition) is 1. The summed E-state index contributed by atoms with van der Waals surface area (Å²) >= 11 is 0. The molecule has 2 aromatic carbocycles. The highest BCUT2D eigenvalue weighted by Gasteiger charge is 2.40. The molecule has 210 valence electrons. The van der Waals surface area contributed by atoms with Gasteiger partial charge < -0.3 is 14.8 Å². The highest BCUT2D eigenvalue weighted by atomic mass is 32.2. The van der Waals surface area contributed by atoms with Crippen LogP contribution in [0.5, 0.6) is 5.75 Å². The predicted molar refractivity (Wildman–Crippen MR) is 139 cm³/mol. The molecule has 1 amide bonds. The van der Waals surface area contributed by atoms with Crippen LogP contribution in [-0.2, 0) is 35.6 Å². The lowest BCUT2D eigenvalue weighted by atomic mass is 9.97. The lowest BCUT2D eigenvalue weighted by Crippen LogP contribution is -2.51. The van der Waals surface area contributed by atoms with Crippen molar-refractivity contribution in [3.8, 4) is 5.75 Å². The zero-order valence-corrected chi connectivity index (χ0v) is 22.9. The number of hydrogen-bond acceptors (Lipinski definition) is 9. The number of sulfonamides is 1. The Morgan fingerprint density at radius 2 is 1.72 bits per heavy atom. The van der Waals surface area contributed by atoms with Gasteiger partial charge in [0.25, 0.3) is 5.69 Å². The lowest BCUT2D eigenvalue weighted by molar-refractivity contribution is -0.384. The van der Waals surface area contributed by atoms with E-state index in [-0.39, 0.29) is 30.0 Å². The average molecular weight is 562 g/mol. The Kier molecular flexibility index (Phi) is 9.07. The first kappa shape index (κ1) is 29.7. The van der Waals surface area contributed by atoms with Crippen LogP contribution in [0.25, 0.3) is 0 Å². The normalized spacial score (nSPS) is 16.8. The SMILES string of the molecule is COC(=O)C(Cc1ccc(OC(=O)C(C)(C)C)cc1)NC(=O)C1CCCN1S(=O)(=O)c1ccc([N+](=O)[O-])cc1. The van der Waals surface area contributed by atoms with Crippen molar-refractivity contribution < 1.29 is 37.2 Å². The molecule has 39 heavy (non-hydrogen) atoms. The van der Waals surface area contributed by atoms with Crippen LogP contribution in [0.1, 0.15) is 39.2 Å². The number of non-ortho nitro benzene ring substituents is 1. The lowest BCUT2D eigenvalue weighted by Gasteiger charge is -2.25.